The van der Waals surface area contributed by atoms with Crippen LogP contribution in [-0.4, -0.2) is 81.7 Å². The highest BCUT2D eigenvalue weighted by molar-refractivity contribution is 5.95. The lowest BCUT2D eigenvalue weighted by atomic mass is 10.0. The molecule has 0 saturated heterocycles. The van der Waals surface area contributed by atoms with Gasteiger partial charge in [0.15, 0.2) is 0 Å². The Morgan fingerprint density at radius 3 is 1.78 bits per heavy atom. The Morgan fingerprint density at radius 1 is 0.844 bits per heavy atom. The molecule has 0 aliphatic heterocycles. The van der Waals surface area contributed by atoms with Crippen LogP contribution in [0.5, 0.6) is 0 Å². The fraction of sp³-hybridized carbons (Fsp3) is 0.667. The van der Waals surface area contributed by atoms with Crippen LogP contribution in [0.1, 0.15) is 39.5 Å². The zero-order valence-electron chi connectivity index (χ0n) is 17.9. The molecule has 0 bridgehead atoms. The number of amides is 4. The summed E-state index contributed by atoms with van der Waals surface area (Å²) in [5.74, 6) is -6.57. The monoisotopic (exact) mass is 461 g/mol. The molecule has 0 heterocycles. The number of carbonyl (C=O) groups excluding carboxylic acids is 4. The van der Waals surface area contributed by atoms with Crippen LogP contribution in [0.3, 0.4) is 0 Å². The van der Waals surface area contributed by atoms with Crippen LogP contribution in [0.4, 0.5) is 0 Å². The average Bonchev–Trinajstić information content (AvgIpc) is 2.67. The molecule has 0 spiro atoms. The quantitative estimate of drug-likeness (QED) is 0.120. The summed E-state index contributed by atoms with van der Waals surface area (Å²) in [6, 6.07) is -5.71. The maximum Gasteiger partial charge on any atom is 0.328 e. The molecule has 32 heavy (non-hydrogen) atoms. The van der Waals surface area contributed by atoms with Crippen molar-refractivity contribution in [2.75, 3.05) is 6.61 Å². The van der Waals surface area contributed by atoms with Crippen molar-refractivity contribution in [1.82, 2.24) is 16.0 Å². The summed E-state index contributed by atoms with van der Waals surface area (Å²) < 4.78 is 0. The van der Waals surface area contributed by atoms with Crippen molar-refractivity contribution in [3.8, 4) is 0 Å². The Labute approximate surface area is 184 Å². The third-order valence-corrected chi connectivity index (χ3v) is 4.19. The van der Waals surface area contributed by atoms with Gasteiger partial charge in [-0.05, 0) is 18.8 Å². The Hall–Kier alpha value is -3.26. The molecule has 0 saturated carbocycles. The molecule has 0 aliphatic carbocycles. The fourth-order valence-corrected chi connectivity index (χ4v) is 2.52. The number of hydrogen-bond donors (Lipinski definition) is 8. The van der Waals surface area contributed by atoms with Gasteiger partial charge in [0.05, 0.1) is 19.1 Å². The second-order valence-electron chi connectivity index (χ2n) is 7.54. The van der Waals surface area contributed by atoms with Crippen molar-refractivity contribution in [3.05, 3.63) is 0 Å². The van der Waals surface area contributed by atoms with E-state index >= 15 is 0 Å². The van der Waals surface area contributed by atoms with Gasteiger partial charge in [-0.2, -0.15) is 0 Å². The number of rotatable bonds is 15. The van der Waals surface area contributed by atoms with E-state index in [1.54, 1.807) is 13.8 Å². The number of aliphatic carboxylic acids is 2. The van der Waals surface area contributed by atoms with Gasteiger partial charge in [-0.1, -0.05) is 13.8 Å². The maximum atomic E-state index is 12.7. The van der Waals surface area contributed by atoms with E-state index in [9.17, 15) is 28.8 Å². The lowest BCUT2D eigenvalue weighted by Crippen LogP contribution is -2.58. The molecule has 0 rings (SSSR count). The first-order valence-electron chi connectivity index (χ1n) is 9.78. The summed E-state index contributed by atoms with van der Waals surface area (Å²) in [4.78, 5) is 70.2. The minimum absolute atomic E-state index is 0.0566. The summed E-state index contributed by atoms with van der Waals surface area (Å²) in [6.45, 7) is 2.54. The molecule has 0 aromatic rings. The van der Waals surface area contributed by atoms with E-state index in [0.29, 0.717) is 0 Å². The molecule has 4 amide bonds. The number of nitrogens with one attached hydrogen (secondary N) is 3. The molecule has 14 nitrogen and oxygen atoms in total. The SMILES string of the molecule is CC(C)CC(NC(=O)C(N)CCC(N)=O)C(=O)NC(CC(=O)O)C(=O)NC(CO)C(=O)O. The van der Waals surface area contributed by atoms with Gasteiger partial charge in [0, 0.05) is 6.42 Å². The highest BCUT2D eigenvalue weighted by Gasteiger charge is 2.31. The second-order valence-corrected chi connectivity index (χ2v) is 7.54. The van der Waals surface area contributed by atoms with Crippen LogP contribution in [0.15, 0.2) is 0 Å². The van der Waals surface area contributed by atoms with Crippen LogP contribution in [-0.2, 0) is 28.8 Å². The smallest absolute Gasteiger partial charge is 0.328 e. The molecular weight excluding hydrogens is 430 g/mol. The Kier molecular flexibility index (Phi) is 12.5. The zero-order chi connectivity index (χ0) is 25.0. The number of carboxylic acid groups (broad SMARTS) is 2. The highest BCUT2D eigenvalue weighted by Crippen LogP contribution is 2.07. The molecule has 10 N–H and O–H groups in total. The average molecular weight is 461 g/mol. The number of primary amides is 1. The minimum atomic E-state index is -1.70. The number of aliphatic hydroxyl groups is 1. The van der Waals surface area contributed by atoms with Gasteiger partial charge in [-0.3, -0.25) is 24.0 Å². The molecule has 182 valence electrons. The summed E-state index contributed by atoms with van der Waals surface area (Å²) in [5.41, 5.74) is 10.7. The first-order valence-corrected chi connectivity index (χ1v) is 9.78. The van der Waals surface area contributed by atoms with Gasteiger partial charge >= 0.3 is 11.9 Å². The van der Waals surface area contributed by atoms with Gasteiger partial charge in [0.2, 0.25) is 23.6 Å². The number of carbonyl (C=O) groups is 6. The lowest BCUT2D eigenvalue weighted by Gasteiger charge is -2.25. The van der Waals surface area contributed by atoms with E-state index in [1.807, 2.05) is 5.32 Å². The minimum Gasteiger partial charge on any atom is -0.481 e. The van der Waals surface area contributed by atoms with Crippen molar-refractivity contribution < 1.29 is 44.1 Å². The van der Waals surface area contributed by atoms with Crippen LogP contribution in [0.2, 0.25) is 0 Å². The van der Waals surface area contributed by atoms with Crippen LogP contribution >= 0.6 is 0 Å². The van der Waals surface area contributed by atoms with Crippen molar-refractivity contribution in [2.45, 2.75) is 63.7 Å². The van der Waals surface area contributed by atoms with Crippen LogP contribution < -0.4 is 27.4 Å². The Bertz CT molecular complexity index is 713. The first kappa shape index (κ1) is 28.7. The maximum absolute atomic E-state index is 12.7. The molecule has 0 aromatic carbocycles. The van der Waals surface area contributed by atoms with Gasteiger partial charge in [-0.25, -0.2) is 4.79 Å². The van der Waals surface area contributed by atoms with Crippen molar-refractivity contribution in [1.29, 1.82) is 0 Å². The van der Waals surface area contributed by atoms with E-state index in [1.165, 1.54) is 0 Å². The molecule has 4 unspecified atom stereocenters. The third kappa shape index (κ3) is 11.2. The van der Waals surface area contributed by atoms with E-state index in [2.05, 4.69) is 10.6 Å². The van der Waals surface area contributed by atoms with E-state index in [-0.39, 0.29) is 25.2 Å². The van der Waals surface area contributed by atoms with Gasteiger partial charge in [0.1, 0.15) is 18.1 Å². The molecule has 4 atom stereocenters. The Balaban J connectivity index is 5.41. The molecule has 0 fully saturated rings. The van der Waals surface area contributed by atoms with Gasteiger partial charge < -0.3 is 42.7 Å². The fourth-order valence-electron chi connectivity index (χ4n) is 2.52. The van der Waals surface area contributed by atoms with Crippen molar-refractivity contribution in [2.24, 2.45) is 17.4 Å². The number of carboxylic acids is 2. The zero-order valence-corrected chi connectivity index (χ0v) is 17.9. The summed E-state index contributed by atoms with van der Waals surface area (Å²) in [5, 5.41) is 33.5. The predicted molar refractivity (Wildman–Crippen MR) is 109 cm³/mol. The molecule has 0 aliphatic rings. The summed E-state index contributed by atoms with van der Waals surface area (Å²) in [7, 11) is 0. The largest absolute Gasteiger partial charge is 0.481 e. The highest BCUT2D eigenvalue weighted by atomic mass is 16.4. The number of hydrogen-bond acceptors (Lipinski definition) is 8. The normalized spacial score (nSPS) is 14.5. The summed E-state index contributed by atoms with van der Waals surface area (Å²) in [6.07, 6.45) is -0.975. The van der Waals surface area contributed by atoms with Gasteiger partial charge in [0.25, 0.3) is 0 Å². The molecular formula is C18H31N5O9. The number of aliphatic hydroxyl groups excluding tert-OH is 1. The first-order chi connectivity index (χ1) is 14.8. The second kappa shape index (κ2) is 13.9. The molecule has 0 aromatic heterocycles. The van der Waals surface area contributed by atoms with Gasteiger partial charge in [-0.15, -0.1) is 0 Å². The predicted octanol–water partition coefficient (Wildman–Crippen LogP) is -3.37. The third-order valence-electron chi connectivity index (χ3n) is 4.19. The van der Waals surface area contributed by atoms with Crippen molar-refractivity contribution in [3.63, 3.8) is 0 Å². The lowest BCUT2D eigenvalue weighted by molar-refractivity contribution is -0.144. The van der Waals surface area contributed by atoms with E-state index < -0.39 is 72.8 Å². The van der Waals surface area contributed by atoms with Crippen LogP contribution in [0.25, 0.3) is 0 Å². The van der Waals surface area contributed by atoms with E-state index in [4.69, 9.17) is 26.8 Å². The van der Waals surface area contributed by atoms with Crippen molar-refractivity contribution >= 4 is 35.6 Å². The molecule has 0 radical (unpaired) electrons. The topological polar surface area (TPSA) is 251 Å². The Morgan fingerprint density at radius 2 is 1.34 bits per heavy atom. The number of nitrogens with two attached hydrogens (primary N) is 2. The van der Waals surface area contributed by atoms with E-state index in [0.717, 1.165) is 0 Å². The van der Waals surface area contributed by atoms with Crippen LogP contribution in [0, 0.1) is 5.92 Å². The summed E-state index contributed by atoms with van der Waals surface area (Å²) >= 11 is 0. The standard InChI is InChI=1S/C18H31N5O9/c1-8(2)5-10(21-15(28)9(19)3-4-13(20)25)16(29)22-11(6-14(26)27)17(30)23-12(7-24)18(31)32/h8-12,24H,3-7,19H2,1-2H3,(H2,20,25)(H,21,28)(H,22,29)(H,23,30)(H,26,27)(H,31,32). The molecule has 14 heteroatoms.